The fourth-order valence-corrected chi connectivity index (χ4v) is 0.269. The second-order valence-corrected chi connectivity index (χ2v) is 1.44. The first-order valence-electron chi connectivity index (χ1n) is 1.95. The maximum Gasteiger partial charge on any atom is 0.217 e. The average molecular weight is 117 g/mol. The van der Waals surface area contributed by atoms with Gasteiger partial charge in [-0.25, -0.2) is 0 Å². The van der Waals surface area contributed by atoms with Gasteiger partial charge in [0.2, 0.25) is 5.91 Å². The maximum absolute atomic E-state index is 10.0. The van der Waals surface area contributed by atoms with E-state index in [1.54, 1.807) is 0 Å². The topological polar surface area (TPSA) is 29.1 Å². The molecule has 1 amide bonds. The third-order valence-electron chi connectivity index (χ3n) is 0.434. The van der Waals surface area contributed by atoms with Crippen molar-refractivity contribution >= 4 is 23.5 Å². The van der Waals surface area contributed by atoms with Gasteiger partial charge in [0, 0.05) is 13.5 Å². The van der Waals surface area contributed by atoms with Crippen LogP contribution in [0.1, 0.15) is 6.92 Å². The number of amides is 1. The summed E-state index contributed by atoms with van der Waals surface area (Å²) in [6.45, 7) is 1.95. The van der Waals surface area contributed by atoms with E-state index in [0.717, 1.165) is 0 Å². The third-order valence-corrected chi connectivity index (χ3v) is 0.601. The van der Waals surface area contributed by atoms with Crippen LogP contribution in [0.25, 0.3) is 0 Å². The van der Waals surface area contributed by atoms with Crippen LogP contribution in [0.2, 0.25) is 0 Å². The lowest BCUT2D eigenvalue weighted by Crippen LogP contribution is -2.20. The maximum atomic E-state index is 10.0. The molecule has 0 rings (SSSR count). The summed E-state index contributed by atoms with van der Waals surface area (Å²) in [7, 11) is 0. The number of nitrogens with one attached hydrogen (secondary N) is 1. The molecule has 3 heteroatoms. The van der Waals surface area contributed by atoms with E-state index in [-0.39, 0.29) is 5.91 Å². The Kier molecular flexibility index (Phi) is 3.50. The summed E-state index contributed by atoms with van der Waals surface area (Å²) in [5.41, 5.74) is 0. The van der Waals surface area contributed by atoms with Gasteiger partial charge in [-0.2, -0.15) is 0 Å². The van der Waals surface area contributed by atoms with Crippen LogP contribution in [0.5, 0.6) is 0 Å². The molecule has 0 spiro atoms. The predicted molar refractivity (Wildman–Crippen MR) is 32.3 cm³/mol. The van der Waals surface area contributed by atoms with Crippen LogP contribution in [-0.2, 0) is 4.79 Å². The molecule has 0 saturated heterocycles. The molecule has 40 valence electrons. The number of rotatable bonds is 2. The van der Waals surface area contributed by atoms with Crippen molar-refractivity contribution in [2.75, 3.05) is 6.54 Å². The van der Waals surface area contributed by atoms with Gasteiger partial charge >= 0.3 is 0 Å². The molecule has 1 N–H and O–H groups in total. The minimum absolute atomic E-state index is 0.0406. The fraction of sp³-hybridized carbons (Fsp3) is 0.500. The van der Waals surface area contributed by atoms with Crippen LogP contribution in [0, 0.1) is 0 Å². The molecule has 0 aromatic heterocycles. The van der Waals surface area contributed by atoms with E-state index in [2.05, 4.69) is 17.5 Å². The largest absolute Gasteiger partial charge is 0.352 e. The van der Waals surface area contributed by atoms with Crippen LogP contribution in [0.4, 0.5) is 0 Å². The summed E-state index contributed by atoms with van der Waals surface area (Å²) in [4.78, 5) is 10.0. The Bertz CT molecular complexity index is 81.8. The molecule has 0 atom stereocenters. The molecule has 0 bridgehead atoms. The Balaban J connectivity index is 2.97. The van der Waals surface area contributed by atoms with Crippen molar-refractivity contribution < 1.29 is 4.79 Å². The normalized spacial score (nSPS) is 7.57. The van der Waals surface area contributed by atoms with Gasteiger partial charge in [0.25, 0.3) is 0 Å². The highest BCUT2D eigenvalue weighted by molar-refractivity contribution is 7.79. The minimum atomic E-state index is -0.0406. The summed E-state index contributed by atoms with van der Waals surface area (Å²) in [5.74, 6) is -0.0406. The first-order valence-corrected chi connectivity index (χ1v) is 2.42. The Morgan fingerprint density at radius 1 is 2.00 bits per heavy atom. The predicted octanol–water partition coefficient (Wildman–Crippen LogP) is 0.122. The van der Waals surface area contributed by atoms with Crippen molar-refractivity contribution in [3.05, 3.63) is 0 Å². The van der Waals surface area contributed by atoms with Crippen molar-refractivity contribution in [1.82, 2.24) is 5.32 Å². The molecular formula is C4H7NOS. The van der Waals surface area contributed by atoms with Gasteiger partial charge in [0.05, 0.1) is 0 Å². The van der Waals surface area contributed by atoms with Gasteiger partial charge < -0.3 is 5.32 Å². The zero-order valence-corrected chi connectivity index (χ0v) is 4.92. The standard InChI is InChI=1S/C4H7NOS/c1-4(6)5-2-3-7/h3H,2H2,1H3,(H,5,6). The van der Waals surface area contributed by atoms with Crippen molar-refractivity contribution in [3.63, 3.8) is 0 Å². The number of carbonyl (C=O) groups is 1. The van der Waals surface area contributed by atoms with Crippen LogP contribution in [0.15, 0.2) is 0 Å². The number of carbonyl (C=O) groups excluding carboxylic acids is 1. The summed E-state index contributed by atoms with van der Waals surface area (Å²) in [5, 5.41) is 3.97. The van der Waals surface area contributed by atoms with Gasteiger partial charge in [-0.1, -0.05) is 12.2 Å². The summed E-state index contributed by atoms with van der Waals surface area (Å²) in [6.07, 6.45) is 0. The lowest BCUT2D eigenvalue weighted by molar-refractivity contribution is -0.118. The Hall–Kier alpha value is -0.440. The Labute approximate surface area is 47.9 Å². The molecule has 0 saturated carbocycles. The number of hydrogen-bond donors (Lipinski definition) is 1. The smallest absolute Gasteiger partial charge is 0.217 e. The van der Waals surface area contributed by atoms with Gasteiger partial charge in [-0.05, 0) is 5.37 Å². The van der Waals surface area contributed by atoms with Crippen molar-refractivity contribution in [1.29, 1.82) is 0 Å². The first kappa shape index (κ1) is 6.56. The van der Waals surface area contributed by atoms with E-state index in [0.29, 0.717) is 6.54 Å². The highest BCUT2D eigenvalue weighted by atomic mass is 32.1. The molecule has 0 unspecified atom stereocenters. The lowest BCUT2D eigenvalue weighted by atomic mass is 10.6. The van der Waals surface area contributed by atoms with Crippen LogP contribution < -0.4 is 5.32 Å². The zero-order valence-electron chi connectivity index (χ0n) is 4.10. The van der Waals surface area contributed by atoms with E-state index >= 15 is 0 Å². The Morgan fingerprint density at radius 2 is 2.57 bits per heavy atom. The van der Waals surface area contributed by atoms with Crippen LogP contribution in [-0.4, -0.2) is 17.8 Å². The van der Waals surface area contributed by atoms with Gasteiger partial charge in [0.15, 0.2) is 0 Å². The van der Waals surface area contributed by atoms with E-state index < -0.39 is 0 Å². The first-order chi connectivity index (χ1) is 3.27. The van der Waals surface area contributed by atoms with Gasteiger partial charge in [-0.3, -0.25) is 4.79 Å². The van der Waals surface area contributed by atoms with Crippen LogP contribution >= 0.6 is 12.2 Å². The molecule has 0 fully saturated rings. The molecular weight excluding hydrogens is 110 g/mol. The molecule has 0 aliphatic heterocycles. The third kappa shape index (κ3) is 5.56. The molecule has 0 heterocycles. The monoisotopic (exact) mass is 117 g/mol. The van der Waals surface area contributed by atoms with Crippen molar-refractivity contribution in [3.8, 4) is 0 Å². The van der Waals surface area contributed by atoms with E-state index in [9.17, 15) is 4.79 Å². The SMILES string of the molecule is CC(=O)NCC=S. The van der Waals surface area contributed by atoms with Crippen molar-refractivity contribution in [2.45, 2.75) is 6.92 Å². The van der Waals surface area contributed by atoms with Gasteiger partial charge in [-0.15, -0.1) is 0 Å². The quantitative estimate of drug-likeness (QED) is 0.520. The van der Waals surface area contributed by atoms with Crippen LogP contribution in [0.3, 0.4) is 0 Å². The highest BCUT2D eigenvalue weighted by Gasteiger charge is 1.81. The molecule has 0 aromatic carbocycles. The number of thiocarbonyl (C=S) groups is 1. The summed E-state index contributed by atoms with van der Waals surface area (Å²) in [6, 6.07) is 0. The van der Waals surface area contributed by atoms with Gasteiger partial charge in [0.1, 0.15) is 0 Å². The minimum Gasteiger partial charge on any atom is -0.352 e. The van der Waals surface area contributed by atoms with Crippen molar-refractivity contribution in [2.24, 2.45) is 0 Å². The van der Waals surface area contributed by atoms with E-state index in [4.69, 9.17) is 0 Å². The number of hydrogen-bond acceptors (Lipinski definition) is 2. The second-order valence-electron chi connectivity index (χ2n) is 1.10. The second kappa shape index (κ2) is 3.74. The molecule has 0 aromatic rings. The molecule has 0 aliphatic rings. The average Bonchev–Trinajstić information content (AvgIpc) is 1.61. The fourth-order valence-electron chi connectivity index (χ4n) is 0.185. The Morgan fingerprint density at radius 3 is 2.71 bits per heavy atom. The molecule has 2 nitrogen and oxygen atoms in total. The summed E-state index contributed by atoms with van der Waals surface area (Å²) >= 11 is 4.43. The lowest BCUT2D eigenvalue weighted by Gasteiger charge is -1.89. The van der Waals surface area contributed by atoms with E-state index in [1.165, 1.54) is 12.3 Å². The molecule has 0 radical (unpaired) electrons. The zero-order chi connectivity index (χ0) is 5.70. The summed E-state index contributed by atoms with van der Waals surface area (Å²) < 4.78 is 0. The van der Waals surface area contributed by atoms with E-state index in [1.807, 2.05) is 0 Å². The highest BCUT2D eigenvalue weighted by Crippen LogP contribution is 1.55. The molecule has 0 aliphatic carbocycles. The molecule has 7 heavy (non-hydrogen) atoms.